The summed E-state index contributed by atoms with van der Waals surface area (Å²) in [6.45, 7) is 1.56. The van der Waals surface area contributed by atoms with Crippen molar-refractivity contribution in [3.05, 3.63) is 63.2 Å². The van der Waals surface area contributed by atoms with Crippen LogP contribution in [0.1, 0.15) is 26.2 Å². The molecule has 2 aliphatic rings. The second-order valence-corrected chi connectivity index (χ2v) is 4.57. The molecule has 10 radical (unpaired) electrons. The van der Waals surface area contributed by atoms with Crippen molar-refractivity contribution >= 4 is 17.5 Å². The molecule has 116 valence electrons. The van der Waals surface area contributed by atoms with Crippen molar-refractivity contribution in [3.8, 4) is 0 Å². The van der Waals surface area contributed by atoms with Gasteiger partial charge in [0.05, 0.1) is 0 Å². The van der Waals surface area contributed by atoms with Crippen LogP contribution in [0.3, 0.4) is 0 Å². The number of aliphatic carboxylic acids is 1. The van der Waals surface area contributed by atoms with Gasteiger partial charge in [0.25, 0.3) is 0 Å². The molecule has 0 atom stereocenters. The molecule has 2 saturated carbocycles. The Bertz CT molecular complexity index is 356. The van der Waals surface area contributed by atoms with Crippen LogP contribution in [0, 0.1) is 63.2 Å². The molecule has 0 aromatic rings. The third kappa shape index (κ3) is 8.69. The van der Waals surface area contributed by atoms with Crippen molar-refractivity contribution in [2.24, 2.45) is 0 Å². The second kappa shape index (κ2) is 11.8. The van der Waals surface area contributed by atoms with E-state index in [-0.39, 0.29) is 35.1 Å². The van der Waals surface area contributed by atoms with Gasteiger partial charge < -0.3 is 5.11 Å². The van der Waals surface area contributed by atoms with Gasteiger partial charge in [-0.25, -0.2) is 0 Å². The molecule has 0 unspecified atom stereocenters. The fourth-order valence-corrected chi connectivity index (χ4v) is 1.71. The van der Waals surface area contributed by atoms with E-state index in [1.807, 2.05) is 25.7 Å². The fourth-order valence-electron chi connectivity index (χ4n) is 1.71. The summed E-state index contributed by atoms with van der Waals surface area (Å²) in [5.41, 5.74) is 0. The van der Waals surface area contributed by atoms with Gasteiger partial charge in [-0.3, -0.25) is 14.4 Å². The Morgan fingerprint density at radius 2 is 1.32 bits per heavy atom. The number of hydrogen-bond donors (Lipinski definition) is 1. The summed E-state index contributed by atoms with van der Waals surface area (Å²) >= 11 is 0. The Balaban J connectivity index is 0.000000423. The Kier molecular flexibility index (Phi) is 11.5. The molecule has 1 N–H and O–H groups in total. The number of rotatable bonds is 6. The van der Waals surface area contributed by atoms with E-state index >= 15 is 0 Å². The van der Waals surface area contributed by atoms with Gasteiger partial charge in [-0.05, 0) is 64.7 Å². The molecule has 0 amide bonds. The molecule has 2 fully saturated rings. The van der Waals surface area contributed by atoms with Crippen molar-refractivity contribution in [3.63, 3.8) is 0 Å². The monoisotopic (exact) mass is 342 g/mol. The van der Waals surface area contributed by atoms with Crippen molar-refractivity contribution in [1.82, 2.24) is 0 Å². The third-order valence-electron chi connectivity index (χ3n) is 2.85. The fraction of sp³-hybridized carbons (Fsp3) is 0.235. The number of ketones is 2. The molecule has 5 heteroatoms. The summed E-state index contributed by atoms with van der Waals surface area (Å²) in [5, 5.41) is 8.35. The number of Topliss-reactive ketones (excluding diaryl/α,β-unsaturated/α-hetero) is 2. The summed E-state index contributed by atoms with van der Waals surface area (Å²) in [5.74, 6) is 0.770. The number of carboxylic acid groups (broad SMARTS) is 1. The SMILES string of the molecule is CC(=O)[C]1[CH][CH][CH][CH]1.O=C(O)CCCC(=O)[C]1[CH][CH][CH][CH]1.[Fe+2]. The number of carboxylic acids is 1. The molecule has 22 heavy (non-hydrogen) atoms. The molecule has 0 aliphatic heterocycles. The normalized spacial score (nSPS) is 18.2. The minimum atomic E-state index is -0.852. The quantitative estimate of drug-likeness (QED) is 0.751. The van der Waals surface area contributed by atoms with Gasteiger partial charge in [0.1, 0.15) is 11.6 Å². The van der Waals surface area contributed by atoms with E-state index in [1.54, 1.807) is 32.6 Å². The predicted octanol–water partition coefficient (Wildman–Crippen LogP) is 2.19. The van der Waals surface area contributed by atoms with Gasteiger partial charge in [0, 0.05) is 24.7 Å². The molecule has 0 aromatic heterocycles. The van der Waals surface area contributed by atoms with Crippen LogP contribution >= 0.6 is 0 Å². The minimum Gasteiger partial charge on any atom is -0.481 e. The first-order valence-corrected chi connectivity index (χ1v) is 6.70. The molecular formula is C17H18FeO4+2. The topological polar surface area (TPSA) is 71.4 Å². The smallest absolute Gasteiger partial charge is 0.481 e. The van der Waals surface area contributed by atoms with Gasteiger partial charge in [-0.1, -0.05) is 0 Å². The summed E-state index contributed by atoms with van der Waals surface area (Å²) in [6.07, 6.45) is 15.2. The molecule has 0 bridgehead atoms. The summed E-state index contributed by atoms with van der Waals surface area (Å²) in [4.78, 5) is 32.0. The third-order valence-corrected chi connectivity index (χ3v) is 2.85. The van der Waals surface area contributed by atoms with E-state index in [1.165, 1.54) is 0 Å². The Morgan fingerprint density at radius 1 is 0.864 bits per heavy atom. The van der Waals surface area contributed by atoms with Crippen molar-refractivity contribution < 1.29 is 36.6 Å². The number of hydrogen-bond acceptors (Lipinski definition) is 3. The first-order chi connectivity index (χ1) is 10.0. The van der Waals surface area contributed by atoms with Gasteiger partial charge in [0.2, 0.25) is 0 Å². The second-order valence-electron chi connectivity index (χ2n) is 4.57. The largest absolute Gasteiger partial charge is 2.00 e. The van der Waals surface area contributed by atoms with E-state index in [4.69, 9.17) is 5.11 Å². The van der Waals surface area contributed by atoms with Crippen LogP contribution < -0.4 is 0 Å². The molecule has 0 spiro atoms. The molecule has 0 aromatic carbocycles. The standard InChI is InChI=1S/C10H11O3.C7H7O.Fe/c11-9(6-3-7-10(12)13)8-4-1-2-5-8;1-6(8)7-4-2-3-5-7;/h1-2,4-5H,3,6-7H2,(H,12,13);2-5H,1H3;/q;;+2. The number of carbonyl (C=O) groups excluding carboxylic acids is 2. The van der Waals surface area contributed by atoms with Crippen LogP contribution in [0.4, 0.5) is 0 Å². The molecule has 0 heterocycles. The van der Waals surface area contributed by atoms with Crippen LogP contribution in [0.2, 0.25) is 0 Å². The molecular weight excluding hydrogens is 324 g/mol. The van der Waals surface area contributed by atoms with Gasteiger partial charge >= 0.3 is 23.0 Å². The van der Waals surface area contributed by atoms with Gasteiger partial charge in [0.15, 0.2) is 0 Å². The van der Waals surface area contributed by atoms with Crippen molar-refractivity contribution in [1.29, 1.82) is 0 Å². The average molecular weight is 342 g/mol. The molecule has 2 rings (SSSR count). The van der Waals surface area contributed by atoms with Crippen LogP contribution in [0.5, 0.6) is 0 Å². The van der Waals surface area contributed by atoms with Gasteiger partial charge in [-0.2, -0.15) is 0 Å². The molecule has 0 saturated heterocycles. The Labute approximate surface area is 143 Å². The summed E-state index contributed by atoms with van der Waals surface area (Å²) < 4.78 is 0. The Morgan fingerprint density at radius 3 is 1.68 bits per heavy atom. The zero-order chi connectivity index (χ0) is 15.7. The van der Waals surface area contributed by atoms with Crippen LogP contribution in [0.25, 0.3) is 0 Å². The van der Waals surface area contributed by atoms with Crippen LogP contribution in [0.15, 0.2) is 0 Å². The Hall–Kier alpha value is -0.671. The zero-order valence-electron chi connectivity index (χ0n) is 12.3. The van der Waals surface area contributed by atoms with E-state index < -0.39 is 5.97 Å². The van der Waals surface area contributed by atoms with Crippen molar-refractivity contribution in [2.45, 2.75) is 26.2 Å². The van der Waals surface area contributed by atoms with Crippen molar-refractivity contribution in [2.75, 3.05) is 0 Å². The maximum Gasteiger partial charge on any atom is 2.00 e. The first kappa shape index (κ1) is 21.3. The maximum atomic E-state index is 11.3. The van der Waals surface area contributed by atoms with E-state index in [0.29, 0.717) is 18.8 Å². The van der Waals surface area contributed by atoms with Crippen LogP contribution in [-0.2, 0) is 31.5 Å². The zero-order valence-corrected chi connectivity index (χ0v) is 13.4. The first-order valence-electron chi connectivity index (χ1n) is 6.70. The minimum absolute atomic E-state index is 0. The van der Waals surface area contributed by atoms with E-state index in [2.05, 4.69) is 0 Å². The summed E-state index contributed by atoms with van der Waals surface area (Å²) in [6, 6.07) is 0. The maximum absolute atomic E-state index is 11.3. The average Bonchev–Trinajstić information content (AvgIpc) is 3.12. The molecule has 4 nitrogen and oxygen atoms in total. The van der Waals surface area contributed by atoms with E-state index in [9.17, 15) is 14.4 Å². The summed E-state index contributed by atoms with van der Waals surface area (Å²) in [7, 11) is 0. The van der Waals surface area contributed by atoms with Gasteiger partial charge in [-0.15, -0.1) is 0 Å². The van der Waals surface area contributed by atoms with E-state index in [0.717, 1.165) is 5.92 Å². The van der Waals surface area contributed by atoms with Crippen LogP contribution in [-0.4, -0.2) is 22.6 Å². The predicted molar refractivity (Wildman–Crippen MR) is 78.1 cm³/mol. The molecule has 2 aliphatic carbocycles. The number of carbonyl (C=O) groups is 3.